The molecule has 1 aliphatic rings. The molecule has 1 aromatic carbocycles. The van der Waals surface area contributed by atoms with Crippen LogP contribution in [-0.4, -0.2) is 7.11 Å². The van der Waals surface area contributed by atoms with E-state index in [0.29, 0.717) is 0 Å². The Morgan fingerprint density at radius 3 is 2.53 bits per heavy atom. The van der Waals surface area contributed by atoms with Gasteiger partial charge in [-0.3, -0.25) is 0 Å². The third-order valence-corrected chi connectivity index (χ3v) is 3.42. The molecule has 0 spiro atoms. The van der Waals surface area contributed by atoms with Gasteiger partial charge in [0.25, 0.3) is 0 Å². The molecular formula is C13H15Cl2OTi. The van der Waals surface area contributed by atoms with Gasteiger partial charge >= 0.3 is 102 Å². The van der Waals surface area contributed by atoms with E-state index in [4.69, 9.17) is 4.74 Å². The number of methoxy groups -OCH3 is 1. The average Bonchev–Trinajstić information content (AvgIpc) is 2.65. The zero-order valence-corrected chi connectivity index (χ0v) is 12.8. The summed E-state index contributed by atoms with van der Waals surface area (Å²) in [4.78, 5) is 0. The van der Waals surface area contributed by atoms with Gasteiger partial charge in [0.15, 0.2) is 0 Å². The minimum Gasteiger partial charge on any atom is -0.147 e. The molecule has 4 heteroatoms. The first-order valence-electron chi connectivity index (χ1n) is 5.03. The Labute approximate surface area is 127 Å². The Morgan fingerprint density at radius 1 is 1.24 bits per heavy atom. The third kappa shape index (κ3) is 4.19. The fourth-order valence-corrected chi connectivity index (χ4v) is 2.22. The SMILES string of the molecule is COc1ccccc1CC1=[C]([Ti])CC=C1.Cl.Cl. The van der Waals surface area contributed by atoms with Crippen LogP contribution in [0.2, 0.25) is 0 Å². The van der Waals surface area contributed by atoms with Crippen molar-refractivity contribution in [2.75, 3.05) is 7.11 Å². The van der Waals surface area contributed by atoms with Crippen molar-refractivity contribution in [1.29, 1.82) is 0 Å². The summed E-state index contributed by atoms with van der Waals surface area (Å²) in [7, 11) is 1.73. The summed E-state index contributed by atoms with van der Waals surface area (Å²) in [5.41, 5.74) is 2.69. The number of hydrogen-bond donors (Lipinski definition) is 0. The molecule has 17 heavy (non-hydrogen) atoms. The summed E-state index contributed by atoms with van der Waals surface area (Å²) < 4.78 is 6.82. The van der Waals surface area contributed by atoms with Crippen LogP contribution >= 0.6 is 24.8 Å². The summed E-state index contributed by atoms with van der Waals surface area (Å²) in [6, 6.07) is 8.22. The summed E-state index contributed by atoms with van der Waals surface area (Å²) >= 11 is 2.20. The first kappa shape index (κ1) is 16.8. The monoisotopic (exact) mass is 305 g/mol. The van der Waals surface area contributed by atoms with Crippen molar-refractivity contribution in [2.24, 2.45) is 0 Å². The third-order valence-electron chi connectivity index (χ3n) is 2.60. The van der Waals surface area contributed by atoms with Crippen molar-refractivity contribution in [2.45, 2.75) is 12.8 Å². The van der Waals surface area contributed by atoms with E-state index in [0.717, 1.165) is 18.6 Å². The van der Waals surface area contributed by atoms with E-state index in [1.54, 1.807) is 7.11 Å². The molecule has 0 radical (unpaired) electrons. The fourth-order valence-electron chi connectivity index (χ4n) is 1.77. The minimum absolute atomic E-state index is 0. The molecule has 0 atom stereocenters. The molecule has 0 aromatic heterocycles. The Morgan fingerprint density at radius 2 is 1.94 bits per heavy atom. The quantitative estimate of drug-likeness (QED) is 0.771. The molecule has 91 valence electrons. The molecule has 1 aromatic rings. The first-order valence-corrected chi connectivity index (χ1v) is 5.81. The van der Waals surface area contributed by atoms with Crippen molar-refractivity contribution >= 4 is 24.8 Å². The van der Waals surface area contributed by atoms with Crippen molar-refractivity contribution < 1.29 is 25.2 Å². The van der Waals surface area contributed by atoms with Crippen molar-refractivity contribution in [3.05, 3.63) is 51.4 Å². The maximum absolute atomic E-state index is 5.34. The second-order valence-corrected chi connectivity index (χ2v) is 4.54. The van der Waals surface area contributed by atoms with Gasteiger partial charge in [0.05, 0.1) is 0 Å². The van der Waals surface area contributed by atoms with E-state index in [1.165, 1.54) is 15.0 Å². The van der Waals surface area contributed by atoms with Gasteiger partial charge in [0.1, 0.15) is 0 Å². The number of para-hydroxylation sites is 1. The summed E-state index contributed by atoms with van der Waals surface area (Å²) in [5.74, 6) is 0.984. The number of rotatable bonds is 3. The molecule has 0 aliphatic heterocycles. The zero-order chi connectivity index (χ0) is 10.7. The zero-order valence-electron chi connectivity index (χ0n) is 9.60. The topological polar surface area (TPSA) is 9.23 Å². The predicted molar refractivity (Wildman–Crippen MR) is 72.0 cm³/mol. The van der Waals surface area contributed by atoms with Crippen LogP contribution in [-0.2, 0) is 26.9 Å². The van der Waals surface area contributed by atoms with Crippen LogP contribution in [0.4, 0.5) is 0 Å². The van der Waals surface area contributed by atoms with Crippen LogP contribution < -0.4 is 4.74 Å². The van der Waals surface area contributed by atoms with E-state index in [-0.39, 0.29) is 24.8 Å². The van der Waals surface area contributed by atoms with E-state index in [2.05, 4.69) is 44.7 Å². The van der Waals surface area contributed by atoms with Crippen LogP contribution in [0.1, 0.15) is 12.0 Å². The molecule has 1 aliphatic carbocycles. The molecule has 0 bridgehead atoms. The molecule has 0 saturated carbocycles. The normalized spacial score (nSPS) is 12.9. The van der Waals surface area contributed by atoms with Gasteiger partial charge in [-0.15, -0.1) is 24.8 Å². The maximum Gasteiger partial charge on any atom is -0.147 e. The molecule has 0 unspecified atom stereocenters. The van der Waals surface area contributed by atoms with Gasteiger partial charge in [-0.25, -0.2) is 0 Å². The second-order valence-electron chi connectivity index (χ2n) is 3.60. The van der Waals surface area contributed by atoms with Crippen LogP contribution in [0, 0.1) is 0 Å². The van der Waals surface area contributed by atoms with Gasteiger partial charge < -0.3 is 0 Å². The van der Waals surface area contributed by atoms with Crippen LogP contribution in [0.15, 0.2) is 45.9 Å². The number of hydrogen-bond acceptors (Lipinski definition) is 1. The van der Waals surface area contributed by atoms with E-state index in [1.807, 2.05) is 12.1 Å². The second kappa shape index (κ2) is 7.99. The number of benzene rings is 1. The van der Waals surface area contributed by atoms with Gasteiger partial charge in [0.2, 0.25) is 0 Å². The van der Waals surface area contributed by atoms with Gasteiger partial charge in [-0.05, 0) is 0 Å². The summed E-state index contributed by atoms with van der Waals surface area (Å²) in [5, 5.41) is 0. The minimum atomic E-state index is 0. The molecule has 0 saturated heterocycles. The predicted octanol–water partition coefficient (Wildman–Crippen LogP) is 3.84. The molecule has 0 N–H and O–H groups in total. The standard InChI is InChI=1S/C13H13O.2ClH.Ti/c1-14-13-9-5-4-8-12(13)10-11-6-2-3-7-11;;;/h2,4-6,8-9H,3,10H2,1H3;2*1H;. The van der Waals surface area contributed by atoms with Gasteiger partial charge in [-0.2, -0.15) is 0 Å². The first-order chi connectivity index (χ1) is 7.31. The Kier molecular flexibility index (Phi) is 7.90. The average molecular weight is 306 g/mol. The van der Waals surface area contributed by atoms with Crippen LogP contribution in [0.5, 0.6) is 5.75 Å². The Balaban J connectivity index is 0.00000128. The molecule has 1 nitrogen and oxygen atoms in total. The van der Waals surface area contributed by atoms with Crippen molar-refractivity contribution in [1.82, 2.24) is 0 Å². The molecule has 0 fully saturated rings. The summed E-state index contributed by atoms with van der Waals surface area (Å²) in [6.07, 6.45) is 6.53. The van der Waals surface area contributed by atoms with E-state index >= 15 is 0 Å². The fraction of sp³-hybridized carbons (Fsp3) is 0.231. The van der Waals surface area contributed by atoms with Crippen LogP contribution in [0.25, 0.3) is 0 Å². The number of halogens is 2. The largest absolute Gasteiger partial charge is 0.147 e. The van der Waals surface area contributed by atoms with Gasteiger partial charge in [-0.1, -0.05) is 0 Å². The van der Waals surface area contributed by atoms with Gasteiger partial charge in [0, 0.05) is 0 Å². The molecule has 0 heterocycles. The maximum atomic E-state index is 5.34. The van der Waals surface area contributed by atoms with Crippen molar-refractivity contribution in [3.8, 4) is 5.75 Å². The molecular weight excluding hydrogens is 291 g/mol. The number of ether oxygens (including phenoxy) is 1. The van der Waals surface area contributed by atoms with Crippen molar-refractivity contribution in [3.63, 3.8) is 0 Å². The number of allylic oxidation sites excluding steroid dienone is 4. The van der Waals surface area contributed by atoms with Crippen LogP contribution in [0.3, 0.4) is 0 Å². The molecule has 0 amide bonds. The Bertz CT molecular complexity index is 427. The van der Waals surface area contributed by atoms with E-state index < -0.39 is 0 Å². The summed E-state index contributed by atoms with van der Waals surface area (Å²) in [6.45, 7) is 0. The Hall–Kier alpha value is -0.206. The smallest absolute Gasteiger partial charge is 0.147 e. The van der Waals surface area contributed by atoms with E-state index in [9.17, 15) is 0 Å². The molecule has 2 rings (SSSR count).